The third kappa shape index (κ3) is 3.57. The maximum Gasteiger partial charge on any atom is 0.158 e. The fourth-order valence-corrected chi connectivity index (χ4v) is 3.56. The van der Waals surface area contributed by atoms with E-state index in [1.807, 2.05) is 41.3 Å². The van der Waals surface area contributed by atoms with Crippen molar-refractivity contribution >= 4 is 16.9 Å². The highest BCUT2D eigenvalue weighted by molar-refractivity contribution is 5.80. The molecule has 1 aliphatic heterocycles. The van der Waals surface area contributed by atoms with Crippen LogP contribution < -0.4 is 10.1 Å². The van der Waals surface area contributed by atoms with Gasteiger partial charge in [0.05, 0.1) is 32.2 Å². The molecule has 0 unspecified atom stereocenters. The quantitative estimate of drug-likeness (QED) is 0.508. The minimum absolute atomic E-state index is 0.277. The van der Waals surface area contributed by atoms with Gasteiger partial charge < -0.3 is 14.8 Å². The topological polar surface area (TPSA) is 87.0 Å². The van der Waals surface area contributed by atoms with Crippen molar-refractivity contribution in [3.8, 4) is 17.0 Å². The summed E-state index contributed by atoms with van der Waals surface area (Å²) in [5, 5.41) is 8.83. The summed E-state index contributed by atoms with van der Waals surface area (Å²) >= 11 is 0. The molecule has 5 rings (SSSR count). The van der Waals surface area contributed by atoms with Crippen molar-refractivity contribution in [2.45, 2.75) is 12.5 Å². The number of rotatable bonds is 7. The maximum atomic E-state index is 5.41. The van der Waals surface area contributed by atoms with Crippen LogP contribution >= 0.6 is 0 Å². The molecule has 1 N–H and O–H groups in total. The first-order chi connectivity index (χ1) is 14.8. The molecule has 0 bridgehead atoms. The van der Waals surface area contributed by atoms with E-state index >= 15 is 0 Å². The minimum Gasteiger partial charge on any atom is -0.496 e. The third-order valence-electron chi connectivity index (χ3n) is 5.26. The Labute approximate surface area is 173 Å². The second kappa shape index (κ2) is 8.08. The molecule has 3 aromatic heterocycles. The number of aromatic nitrogens is 5. The molecule has 0 radical (unpaired) electrons. The highest BCUT2D eigenvalue weighted by Gasteiger charge is 2.23. The zero-order valence-corrected chi connectivity index (χ0v) is 16.7. The lowest BCUT2D eigenvalue weighted by Gasteiger charge is -2.26. The molecule has 1 saturated heterocycles. The number of methoxy groups -OCH3 is 1. The number of hydrogen-bond acceptors (Lipinski definition) is 7. The van der Waals surface area contributed by atoms with E-state index in [-0.39, 0.29) is 6.04 Å². The monoisotopic (exact) mass is 402 g/mol. The minimum atomic E-state index is 0.277. The van der Waals surface area contributed by atoms with Gasteiger partial charge in [-0.15, -0.1) is 0 Å². The number of anilines is 1. The van der Waals surface area contributed by atoms with Gasteiger partial charge in [0.25, 0.3) is 0 Å². The first-order valence-corrected chi connectivity index (χ1v) is 9.91. The zero-order chi connectivity index (χ0) is 20.3. The van der Waals surface area contributed by atoms with Gasteiger partial charge in [0.1, 0.15) is 23.9 Å². The van der Waals surface area contributed by atoms with Crippen LogP contribution in [0.25, 0.3) is 22.3 Å². The molecule has 1 aromatic carbocycles. The van der Waals surface area contributed by atoms with Crippen molar-refractivity contribution < 1.29 is 9.47 Å². The Hall–Kier alpha value is -3.52. The zero-order valence-electron chi connectivity index (χ0n) is 16.7. The van der Waals surface area contributed by atoms with Crippen LogP contribution in [0.3, 0.4) is 0 Å². The Balaban J connectivity index is 1.31. The van der Waals surface area contributed by atoms with Crippen LogP contribution in [0.15, 0.2) is 55.1 Å². The van der Waals surface area contributed by atoms with Gasteiger partial charge in [-0.25, -0.2) is 19.6 Å². The summed E-state index contributed by atoms with van der Waals surface area (Å²) in [6.07, 6.45) is 6.08. The number of hydrogen-bond donors (Lipinski definition) is 1. The fourth-order valence-electron chi connectivity index (χ4n) is 3.56. The lowest BCUT2D eigenvalue weighted by atomic mass is 10.1. The first-order valence-electron chi connectivity index (χ1n) is 9.91. The smallest absolute Gasteiger partial charge is 0.158 e. The van der Waals surface area contributed by atoms with E-state index in [0.29, 0.717) is 13.2 Å². The summed E-state index contributed by atoms with van der Waals surface area (Å²) in [7, 11) is 1.69. The predicted octanol–water partition coefficient (Wildman–Crippen LogP) is 3.12. The van der Waals surface area contributed by atoms with E-state index in [4.69, 9.17) is 9.47 Å². The Morgan fingerprint density at radius 3 is 2.87 bits per heavy atom. The Morgan fingerprint density at radius 1 is 1.13 bits per heavy atom. The van der Waals surface area contributed by atoms with Crippen LogP contribution in [0.2, 0.25) is 0 Å². The number of ether oxygens (including phenoxy) is 2. The molecular weight excluding hydrogens is 380 g/mol. The summed E-state index contributed by atoms with van der Waals surface area (Å²) in [4.78, 5) is 13.4. The highest BCUT2D eigenvalue weighted by Crippen LogP contribution is 2.26. The lowest BCUT2D eigenvalue weighted by molar-refractivity contribution is -0.0269. The molecule has 1 fully saturated rings. The number of fused-ring (bicyclic) bond motifs is 1. The summed E-state index contributed by atoms with van der Waals surface area (Å²) in [5.74, 6) is 1.67. The summed E-state index contributed by atoms with van der Waals surface area (Å²) in [6, 6.07) is 12.3. The van der Waals surface area contributed by atoms with E-state index in [2.05, 4.69) is 37.5 Å². The molecule has 8 heteroatoms. The Bertz CT molecular complexity index is 1170. The Kier molecular flexibility index (Phi) is 4.98. The van der Waals surface area contributed by atoms with Gasteiger partial charge in [0.2, 0.25) is 0 Å². The van der Waals surface area contributed by atoms with Gasteiger partial charge >= 0.3 is 0 Å². The number of para-hydroxylation sites is 1. The lowest BCUT2D eigenvalue weighted by Crippen LogP contribution is -2.31. The molecule has 0 aliphatic carbocycles. The fraction of sp³-hybridized carbons (Fsp3) is 0.273. The van der Waals surface area contributed by atoms with E-state index in [9.17, 15) is 0 Å². The first kappa shape index (κ1) is 18.5. The van der Waals surface area contributed by atoms with Gasteiger partial charge in [0.15, 0.2) is 5.65 Å². The number of nitrogens with one attached hydrogen (secondary N) is 1. The number of pyridine rings is 1. The molecule has 152 valence electrons. The van der Waals surface area contributed by atoms with Crippen molar-refractivity contribution in [1.82, 2.24) is 24.7 Å². The van der Waals surface area contributed by atoms with Crippen molar-refractivity contribution in [3.63, 3.8) is 0 Å². The SMILES string of the molecule is COc1ccccc1CCNc1cc(-c2cnc3c(cnn3C3COC3)c2)ncn1. The van der Waals surface area contributed by atoms with E-state index in [1.165, 1.54) is 0 Å². The van der Waals surface area contributed by atoms with Crippen molar-refractivity contribution in [2.75, 3.05) is 32.2 Å². The van der Waals surface area contributed by atoms with E-state index in [1.54, 1.807) is 13.4 Å². The highest BCUT2D eigenvalue weighted by atomic mass is 16.5. The van der Waals surface area contributed by atoms with Crippen LogP contribution in [0.1, 0.15) is 11.6 Å². The van der Waals surface area contributed by atoms with Crippen LogP contribution in [-0.2, 0) is 11.2 Å². The third-order valence-corrected chi connectivity index (χ3v) is 5.26. The van der Waals surface area contributed by atoms with Gasteiger partial charge in [-0.3, -0.25) is 0 Å². The second-order valence-electron chi connectivity index (χ2n) is 7.19. The average Bonchev–Trinajstić information content (AvgIpc) is 3.16. The summed E-state index contributed by atoms with van der Waals surface area (Å²) < 4.78 is 12.6. The van der Waals surface area contributed by atoms with E-state index in [0.717, 1.165) is 52.4 Å². The number of nitrogens with zero attached hydrogens (tertiary/aromatic N) is 5. The molecule has 1 aliphatic rings. The van der Waals surface area contributed by atoms with Gasteiger partial charge in [-0.2, -0.15) is 5.10 Å². The van der Waals surface area contributed by atoms with Crippen molar-refractivity contribution in [1.29, 1.82) is 0 Å². The molecule has 0 amide bonds. The summed E-state index contributed by atoms with van der Waals surface area (Å²) in [6.45, 7) is 2.12. The predicted molar refractivity (Wildman–Crippen MR) is 114 cm³/mol. The molecule has 4 aromatic rings. The molecule has 0 spiro atoms. The summed E-state index contributed by atoms with van der Waals surface area (Å²) in [5.41, 5.74) is 3.78. The van der Waals surface area contributed by atoms with Crippen molar-refractivity contribution in [2.24, 2.45) is 0 Å². The molecule has 0 atom stereocenters. The van der Waals surface area contributed by atoms with Crippen LogP contribution in [0.4, 0.5) is 5.82 Å². The van der Waals surface area contributed by atoms with Gasteiger partial charge in [-0.1, -0.05) is 18.2 Å². The van der Waals surface area contributed by atoms with Crippen LogP contribution in [-0.4, -0.2) is 51.6 Å². The largest absolute Gasteiger partial charge is 0.496 e. The van der Waals surface area contributed by atoms with Crippen molar-refractivity contribution in [3.05, 3.63) is 60.7 Å². The molecule has 30 heavy (non-hydrogen) atoms. The normalized spacial score (nSPS) is 13.9. The van der Waals surface area contributed by atoms with Crippen LogP contribution in [0.5, 0.6) is 5.75 Å². The maximum absolute atomic E-state index is 5.41. The average molecular weight is 402 g/mol. The Morgan fingerprint density at radius 2 is 2.03 bits per heavy atom. The number of benzene rings is 1. The van der Waals surface area contributed by atoms with Gasteiger partial charge in [0, 0.05) is 29.8 Å². The van der Waals surface area contributed by atoms with Gasteiger partial charge in [-0.05, 0) is 24.1 Å². The molecule has 8 nitrogen and oxygen atoms in total. The molecule has 4 heterocycles. The molecule has 0 saturated carbocycles. The standard InChI is InChI=1S/C22H22N6O2/c1-29-20-5-3-2-4-15(20)6-7-23-21-9-19(25-14-26-21)16-8-17-11-27-28(18-12-30-13-18)22(17)24-10-16/h2-5,8-11,14,18H,6-7,12-13H2,1H3,(H,23,25,26). The second-order valence-corrected chi connectivity index (χ2v) is 7.19. The van der Waals surface area contributed by atoms with E-state index < -0.39 is 0 Å². The molecular formula is C22H22N6O2. The van der Waals surface area contributed by atoms with Crippen LogP contribution in [0, 0.1) is 0 Å².